The van der Waals surface area contributed by atoms with E-state index in [0.29, 0.717) is 29.5 Å². The van der Waals surface area contributed by atoms with Crippen LogP contribution in [0.4, 0.5) is 0 Å². The molecule has 0 saturated heterocycles. The normalized spacial score (nSPS) is 12.1. The molecule has 118 valence electrons. The lowest BCUT2D eigenvalue weighted by molar-refractivity contribution is -0.153. The number of carbonyl (C=O) groups excluding carboxylic acids is 1. The molecule has 0 spiro atoms. The third-order valence-electron chi connectivity index (χ3n) is 2.91. The van der Waals surface area contributed by atoms with Crippen molar-refractivity contribution in [3.05, 3.63) is 35.5 Å². The highest BCUT2D eigenvalue weighted by molar-refractivity contribution is 6.35. The molecule has 1 aromatic heterocycles. The van der Waals surface area contributed by atoms with E-state index >= 15 is 0 Å². The summed E-state index contributed by atoms with van der Waals surface area (Å²) in [6, 6.07) is 7.04. The zero-order chi connectivity index (χ0) is 15.9. The maximum atomic E-state index is 11.7. The van der Waals surface area contributed by atoms with Crippen LogP contribution in [-0.4, -0.2) is 36.9 Å². The number of esters is 1. The van der Waals surface area contributed by atoms with Gasteiger partial charge in [0.2, 0.25) is 0 Å². The molecule has 0 radical (unpaired) electrons. The van der Waals surface area contributed by atoms with Gasteiger partial charge < -0.3 is 14.2 Å². The van der Waals surface area contributed by atoms with E-state index in [1.807, 2.05) is 13.0 Å². The molecular formula is C16H18ClNO4. The van der Waals surface area contributed by atoms with Gasteiger partial charge in [-0.3, -0.25) is 4.98 Å². The van der Waals surface area contributed by atoms with E-state index in [0.717, 1.165) is 5.39 Å². The molecule has 0 bridgehead atoms. The van der Waals surface area contributed by atoms with Gasteiger partial charge in [0.15, 0.2) is 6.61 Å². The maximum Gasteiger partial charge on any atom is 0.344 e. The molecule has 2 rings (SSSR count). The fourth-order valence-electron chi connectivity index (χ4n) is 1.94. The highest BCUT2D eigenvalue weighted by atomic mass is 35.5. The number of ether oxygens (including phenoxy) is 3. The standard InChI is InChI=1S/C16H18ClNO4/c1-3-20-9-11(2)22-15(19)10-21-14-7-6-13(17)12-5-4-8-18-16(12)14/h4-8,11H,3,9-10H2,1-2H3. The third-order valence-corrected chi connectivity index (χ3v) is 3.24. The molecule has 0 saturated carbocycles. The summed E-state index contributed by atoms with van der Waals surface area (Å²) >= 11 is 6.11. The monoisotopic (exact) mass is 323 g/mol. The average molecular weight is 324 g/mol. The summed E-state index contributed by atoms with van der Waals surface area (Å²) in [7, 11) is 0. The largest absolute Gasteiger partial charge is 0.480 e. The second kappa shape index (κ2) is 7.96. The van der Waals surface area contributed by atoms with Crippen molar-refractivity contribution < 1.29 is 19.0 Å². The zero-order valence-electron chi connectivity index (χ0n) is 12.5. The first-order valence-electron chi connectivity index (χ1n) is 7.05. The summed E-state index contributed by atoms with van der Waals surface area (Å²) in [6.07, 6.45) is 1.34. The minimum atomic E-state index is -0.453. The van der Waals surface area contributed by atoms with Crippen LogP contribution in [0, 0.1) is 0 Å². The molecule has 22 heavy (non-hydrogen) atoms. The summed E-state index contributed by atoms with van der Waals surface area (Å²) in [5.41, 5.74) is 0.616. The molecule has 1 atom stereocenters. The Morgan fingerprint density at radius 2 is 2.18 bits per heavy atom. The third kappa shape index (κ3) is 4.32. The number of carbonyl (C=O) groups is 1. The predicted molar refractivity (Wildman–Crippen MR) is 84.3 cm³/mol. The van der Waals surface area contributed by atoms with Gasteiger partial charge in [-0.2, -0.15) is 0 Å². The first-order chi connectivity index (χ1) is 10.6. The van der Waals surface area contributed by atoms with Gasteiger partial charge in [-0.05, 0) is 38.1 Å². The van der Waals surface area contributed by atoms with Gasteiger partial charge in [-0.15, -0.1) is 0 Å². The number of pyridine rings is 1. The average Bonchev–Trinajstić information content (AvgIpc) is 2.52. The van der Waals surface area contributed by atoms with E-state index in [1.165, 1.54) is 0 Å². The van der Waals surface area contributed by atoms with Crippen LogP contribution in [-0.2, 0) is 14.3 Å². The number of hydrogen-bond acceptors (Lipinski definition) is 5. The lowest BCUT2D eigenvalue weighted by Crippen LogP contribution is -2.24. The molecule has 5 nitrogen and oxygen atoms in total. The molecule has 1 aromatic carbocycles. The Bertz CT molecular complexity index is 647. The molecule has 6 heteroatoms. The number of rotatable bonds is 7. The Hall–Kier alpha value is -1.85. The van der Waals surface area contributed by atoms with Crippen LogP contribution in [0.2, 0.25) is 5.02 Å². The Balaban J connectivity index is 1.97. The first kappa shape index (κ1) is 16.5. The number of nitrogens with zero attached hydrogens (tertiary/aromatic N) is 1. The van der Waals surface area contributed by atoms with Gasteiger partial charge in [0.25, 0.3) is 0 Å². The molecular weight excluding hydrogens is 306 g/mol. The fourth-order valence-corrected chi connectivity index (χ4v) is 2.16. The van der Waals surface area contributed by atoms with E-state index in [-0.39, 0.29) is 12.7 Å². The van der Waals surface area contributed by atoms with Gasteiger partial charge in [0.1, 0.15) is 17.4 Å². The van der Waals surface area contributed by atoms with Gasteiger partial charge in [-0.1, -0.05) is 11.6 Å². The molecule has 0 aliphatic heterocycles. The van der Waals surface area contributed by atoms with Crippen LogP contribution in [0.1, 0.15) is 13.8 Å². The molecule has 0 fully saturated rings. The Kier molecular flexibility index (Phi) is 5.98. The smallest absolute Gasteiger partial charge is 0.344 e. The minimum Gasteiger partial charge on any atom is -0.480 e. The van der Waals surface area contributed by atoms with Crippen molar-refractivity contribution in [2.45, 2.75) is 20.0 Å². The molecule has 0 aliphatic carbocycles. The number of halogens is 1. The lowest BCUT2D eigenvalue weighted by Gasteiger charge is -2.14. The van der Waals surface area contributed by atoms with Crippen LogP contribution in [0.25, 0.3) is 10.9 Å². The summed E-state index contributed by atoms with van der Waals surface area (Å²) in [5, 5.41) is 1.36. The van der Waals surface area contributed by atoms with Crippen molar-refractivity contribution in [1.29, 1.82) is 0 Å². The van der Waals surface area contributed by atoms with E-state index in [9.17, 15) is 4.79 Å². The van der Waals surface area contributed by atoms with E-state index in [4.69, 9.17) is 25.8 Å². The maximum absolute atomic E-state index is 11.7. The quantitative estimate of drug-likeness (QED) is 0.732. The van der Waals surface area contributed by atoms with Crippen molar-refractivity contribution in [3.8, 4) is 5.75 Å². The molecule has 0 amide bonds. The lowest BCUT2D eigenvalue weighted by atomic mass is 10.2. The number of fused-ring (bicyclic) bond motifs is 1. The Morgan fingerprint density at radius 3 is 2.95 bits per heavy atom. The van der Waals surface area contributed by atoms with Crippen LogP contribution < -0.4 is 4.74 Å². The van der Waals surface area contributed by atoms with Gasteiger partial charge >= 0.3 is 5.97 Å². The highest BCUT2D eigenvalue weighted by Gasteiger charge is 2.12. The second-order valence-electron chi connectivity index (χ2n) is 4.69. The van der Waals surface area contributed by atoms with Crippen LogP contribution in [0.3, 0.4) is 0 Å². The summed E-state index contributed by atoms with van der Waals surface area (Å²) in [4.78, 5) is 16.0. The summed E-state index contributed by atoms with van der Waals surface area (Å²) in [5.74, 6) is 0.0423. The van der Waals surface area contributed by atoms with Crippen molar-refractivity contribution in [2.75, 3.05) is 19.8 Å². The summed E-state index contributed by atoms with van der Waals surface area (Å²) < 4.78 is 15.9. The number of benzene rings is 1. The van der Waals surface area contributed by atoms with Gasteiger partial charge in [-0.25, -0.2) is 4.79 Å². The van der Waals surface area contributed by atoms with E-state index in [1.54, 1.807) is 31.3 Å². The molecule has 0 aliphatic rings. The number of hydrogen-bond donors (Lipinski definition) is 0. The SMILES string of the molecule is CCOCC(C)OC(=O)COc1ccc(Cl)c2cccnc12. The van der Waals surface area contributed by atoms with Gasteiger partial charge in [0, 0.05) is 18.2 Å². The van der Waals surface area contributed by atoms with E-state index in [2.05, 4.69) is 4.98 Å². The molecule has 1 heterocycles. The number of aromatic nitrogens is 1. The predicted octanol–water partition coefficient (Wildman–Crippen LogP) is 3.24. The van der Waals surface area contributed by atoms with Crippen molar-refractivity contribution in [3.63, 3.8) is 0 Å². The molecule has 1 unspecified atom stereocenters. The molecule has 2 aromatic rings. The van der Waals surface area contributed by atoms with Gasteiger partial charge in [0.05, 0.1) is 11.6 Å². The fraction of sp³-hybridized carbons (Fsp3) is 0.375. The second-order valence-corrected chi connectivity index (χ2v) is 5.10. The van der Waals surface area contributed by atoms with E-state index < -0.39 is 5.97 Å². The Labute approximate surface area is 134 Å². The summed E-state index contributed by atoms with van der Waals surface area (Å²) in [6.45, 7) is 4.42. The minimum absolute atomic E-state index is 0.191. The first-order valence-corrected chi connectivity index (χ1v) is 7.43. The highest BCUT2D eigenvalue weighted by Crippen LogP contribution is 2.29. The van der Waals surface area contributed by atoms with Crippen molar-refractivity contribution >= 4 is 28.5 Å². The zero-order valence-corrected chi connectivity index (χ0v) is 13.3. The van der Waals surface area contributed by atoms with Crippen LogP contribution in [0.15, 0.2) is 30.5 Å². The van der Waals surface area contributed by atoms with Crippen LogP contribution >= 0.6 is 11.6 Å². The topological polar surface area (TPSA) is 57.7 Å². The van der Waals surface area contributed by atoms with Crippen molar-refractivity contribution in [2.24, 2.45) is 0 Å². The Morgan fingerprint density at radius 1 is 1.36 bits per heavy atom. The molecule has 0 N–H and O–H groups in total. The van der Waals surface area contributed by atoms with Crippen LogP contribution in [0.5, 0.6) is 5.75 Å². The van der Waals surface area contributed by atoms with Crippen molar-refractivity contribution in [1.82, 2.24) is 4.98 Å².